The van der Waals surface area contributed by atoms with Crippen molar-refractivity contribution in [2.75, 3.05) is 5.32 Å². The predicted octanol–water partition coefficient (Wildman–Crippen LogP) is 3.40. The molecule has 20 heavy (non-hydrogen) atoms. The molecule has 0 saturated heterocycles. The summed E-state index contributed by atoms with van der Waals surface area (Å²) < 4.78 is 26.3. The fraction of sp³-hybridized carbons (Fsp3) is 0.0667. The second-order valence-corrected chi connectivity index (χ2v) is 4.22. The smallest absolute Gasteiger partial charge is 0.256 e. The van der Waals surface area contributed by atoms with Gasteiger partial charge in [0.15, 0.2) is 0 Å². The van der Waals surface area contributed by atoms with Crippen molar-refractivity contribution in [3.05, 3.63) is 64.7 Å². The van der Waals surface area contributed by atoms with Gasteiger partial charge in [-0.3, -0.25) is 4.79 Å². The van der Waals surface area contributed by atoms with Crippen LogP contribution < -0.4 is 5.32 Å². The summed E-state index contributed by atoms with van der Waals surface area (Å²) in [7, 11) is 0. The monoisotopic (exact) mass is 272 g/mol. The first kappa shape index (κ1) is 13.7. The van der Waals surface area contributed by atoms with Gasteiger partial charge in [-0.2, -0.15) is 5.26 Å². The minimum absolute atomic E-state index is 0.168. The Hall–Kier alpha value is -2.74. The molecule has 0 bridgehead atoms. The van der Waals surface area contributed by atoms with E-state index in [1.165, 1.54) is 24.3 Å². The normalized spacial score (nSPS) is 9.90. The Bertz CT molecular complexity index is 720. The quantitative estimate of drug-likeness (QED) is 0.911. The SMILES string of the molecule is Cc1ccc(F)cc1C(=O)Nc1ccc(F)c(C#N)c1. The number of carbonyl (C=O) groups excluding carboxylic acids is 1. The molecule has 0 saturated carbocycles. The van der Waals surface area contributed by atoms with Gasteiger partial charge < -0.3 is 5.32 Å². The van der Waals surface area contributed by atoms with Crippen LogP contribution >= 0.6 is 0 Å². The lowest BCUT2D eigenvalue weighted by atomic mass is 10.1. The lowest BCUT2D eigenvalue weighted by Crippen LogP contribution is -2.14. The molecule has 1 N–H and O–H groups in total. The molecular weight excluding hydrogens is 262 g/mol. The Morgan fingerprint density at radius 1 is 1.20 bits per heavy atom. The summed E-state index contributed by atoms with van der Waals surface area (Å²) in [6, 6.07) is 9.21. The fourth-order valence-electron chi connectivity index (χ4n) is 1.73. The van der Waals surface area contributed by atoms with Crippen molar-refractivity contribution in [3.63, 3.8) is 0 Å². The number of benzene rings is 2. The molecule has 0 atom stereocenters. The third kappa shape index (κ3) is 2.81. The summed E-state index contributed by atoms with van der Waals surface area (Å²) in [6.45, 7) is 1.68. The summed E-state index contributed by atoms with van der Waals surface area (Å²) in [6.07, 6.45) is 0. The molecule has 100 valence electrons. The van der Waals surface area contributed by atoms with Crippen molar-refractivity contribution >= 4 is 11.6 Å². The third-order valence-corrected chi connectivity index (χ3v) is 2.79. The van der Waals surface area contributed by atoms with Gasteiger partial charge in [0.1, 0.15) is 17.7 Å². The first-order valence-corrected chi connectivity index (χ1v) is 5.78. The fourth-order valence-corrected chi connectivity index (χ4v) is 1.73. The standard InChI is InChI=1S/C15H10F2N2O/c1-9-2-3-11(16)7-13(9)15(20)19-12-4-5-14(17)10(6-12)8-18/h2-7H,1H3,(H,19,20). The summed E-state index contributed by atoms with van der Waals surface area (Å²) in [5.41, 5.74) is 0.912. The molecule has 1 amide bonds. The lowest BCUT2D eigenvalue weighted by molar-refractivity contribution is 0.102. The van der Waals surface area contributed by atoms with Gasteiger partial charge >= 0.3 is 0 Å². The highest BCUT2D eigenvalue weighted by Gasteiger charge is 2.11. The van der Waals surface area contributed by atoms with Crippen LogP contribution in [0.5, 0.6) is 0 Å². The number of aryl methyl sites for hydroxylation is 1. The summed E-state index contributed by atoms with van der Waals surface area (Å²) >= 11 is 0. The van der Waals surface area contributed by atoms with Crippen LogP contribution in [0.2, 0.25) is 0 Å². The van der Waals surface area contributed by atoms with Crippen molar-refractivity contribution in [1.82, 2.24) is 0 Å². The molecule has 0 spiro atoms. The maximum atomic E-state index is 13.2. The van der Waals surface area contributed by atoms with Gasteiger partial charge in [-0.15, -0.1) is 0 Å². The Morgan fingerprint density at radius 2 is 1.95 bits per heavy atom. The van der Waals surface area contributed by atoms with E-state index in [9.17, 15) is 13.6 Å². The van der Waals surface area contributed by atoms with Gasteiger partial charge in [0.25, 0.3) is 5.91 Å². The Kier molecular flexibility index (Phi) is 3.76. The molecule has 0 unspecified atom stereocenters. The number of halogens is 2. The number of nitriles is 1. The summed E-state index contributed by atoms with van der Waals surface area (Å²) in [5.74, 6) is -1.69. The van der Waals surface area contributed by atoms with Crippen molar-refractivity contribution in [2.45, 2.75) is 6.92 Å². The van der Waals surface area contributed by atoms with Crippen molar-refractivity contribution in [3.8, 4) is 6.07 Å². The van der Waals surface area contributed by atoms with Gasteiger partial charge in [-0.05, 0) is 42.8 Å². The first-order valence-electron chi connectivity index (χ1n) is 5.78. The van der Waals surface area contributed by atoms with E-state index in [1.807, 2.05) is 0 Å². The molecule has 2 aromatic carbocycles. The molecule has 5 heteroatoms. The zero-order chi connectivity index (χ0) is 14.7. The van der Waals surface area contributed by atoms with Crippen LogP contribution in [0.15, 0.2) is 36.4 Å². The number of rotatable bonds is 2. The van der Waals surface area contributed by atoms with E-state index in [4.69, 9.17) is 5.26 Å². The van der Waals surface area contributed by atoms with Crippen LogP contribution in [-0.2, 0) is 0 Å². The molecule has 3 nitrogen and oxygen atoms in total. The molecule has 0 aliphatic heterocycles. The van der Waals surface area contributed by atoms with Gasteiger partial charge in [-0.1, -0.05) is 6.07 Å². The second-order valence-electron chi connectivity index (χ2n) is 4.22. The van der Waals surface area contributed by atoms with Crippen LogP contribution in [0, 0.1) is 29.9 Å². The lowest BCUT2D eigenvalue weighted by Gasteiger charge is -2.08. The summed E-state index contributed by atoms with van der Waals surface area (Å²) in [4.78, 5) is 12.0. The number of amides is 1. The zero-order valence-electron chi connectivity index (χ0n) is 10.6. The van der Waals surface area contributed by atoms with Crippen molar-refractivity contribution in [1.29, 1.82) is 5.26 Å². The van der Waals surface area contributed by atoms with Crippen LogP contribution in [-0.4, -0.2) is 5.91 Å². The molecular formula is C15H10F2N2O. The van der Waals surface area contributed by atoms with Crippen molar-refractivity contribution in [2.24, 2.45) is 0 Å². The van der Waals surface area contributed by atoms with Crippen LogP contribution in [0.3, 0.4) is 0 Å². The van der Waals surface area contributed by atoms with Gasteiger partial charge in [0, 0.05) is 11.3 Å². The summed E-state index contributed by atoms with van der Waals surface area (Å²) in [5, 5.41) is 11.2. The van der Waals surface area contributed by atoms with E-state index in [1.54, 1.807) is 13.0 Å². The number of hydrogen-bond donors (Lipinski definition) is 1. The van der Waals surface area contributed by atoms with E-state index >= 15 is 0 Å². The van der Waals surface area contributed by atoms with E-state index in [2.05, 4.69) is 5.32 Å². The molecule has 0 radical (unpaired) electrons. The van der Waals surface area contributed by atoms with Gasteiger partial charge in [0.2, 0.25) is 0 Å². The maximum absolute atomic E-state index is 13.2. The van der Waals surface area contributed by atoms with Crippen LogP contribution in [0.4, 0.5) is 14.5 Å². The number of nitrogens with zero attached hydrogens (tertiary/aromatic N) is 1. The van der Waals surface area contributed by atoms with E-state index in [0.717, 1.165) is 12.1 Å². The zero-order valence-corrected chi connectivity index (χ0v) is 10.6. The Balaban J connectivity index is 2.28. The largest absolute Gasteiger partial charge is 0.322 e. The highest BCUT2D eigenvalue weighted by molar-refractivity contribution is 6.05. The first-order chi connectivity index (χ1) is 9.51. The van der Waals surface area contributed by atoms with E-state index in [-0.39, 0.29) is 16.8 Å². The Morgan fingerprint density at radius 3 is 2.65 bits per heavy atom. The number of nitrogens with one attached hydrogen (secondary N) is 1. The van der Waals surface area contributed by atoms with Gasteiger partial charge in [-0.25, -0.2) is 8.78 Å². The molecule has 0 aliphatic carbocycles. The average Bonchev–Trinajstić information content (AvgIpc) is 2.43. The number of carbonyl (C=O) groups is 1. The molecule has 0 aliphatic rings. The van der Waals surface area contributed by atoms with E-state index < -0.39 is 17.5 Å². The molecule has 0 fully saturated rings. The predicted molar refractivity (Wildman–Crippen MR) is 70.2 cm³/mol. The average molecular weight is 272 g/mol. The Labute approximate surface area is 114 Å². The highest BCUT2D eigenvalue weighted by atomic mass is 19.1. The highest BCUT2D eigenvalue weighted by Crippen LogP contribution is 2.17. The van der Waals surface area contributed by atoms with Gasteiger partial charge in [0.05, 0.1) is 5.56 Å². The molecule has 2 rings (SSSR count). The van der Waals surface area contributed by atoms with Crippen molar-refractivity contribution < 1.29 is 13.6 Å². The maximum Gasteiger partial charge on any atom is 0.256 e. The minimum atomic E-state index is -0.660. The molecule has 2 aromatic rings. The van der Waals surface area contributed by atoms with E-state index in [0.29, 0.717) is 5.56 Å². The van der Waals surface area contributed by atoms with Crippen LogP contribution in [0.1, 0.15) is 21.5 Å². The third-order valence-electron chi connectivity index (χ3n) is 2.79. The molecule has 0 heterocycles. The minimum Gasteiger partial charge on any atom is -0.322 e. The number of anilines is 1. The number of hydrogen-bond acceptors (Lipinski definition) is 2. The molecule has 0 aromatic heterocycles. The second kappa shape index (κ2) is 5.49. The topological polar surface area (TPSA) is 52.9 Å². The van der Waals surface area contributed by atoms with Crippen LogP contribution in [0.25, 0.3) is 0 Å².